The van der Waals surface area contributed by atoms with Gasteiger partial charge in [-0.1, -0.05) is 43.7 Å². The maximum absolute atomic E-state index is 13.0. The second-order valence-electron chi connectivity index (χ2n) is 8.91. The Hall–Kier alpha value is -3.41. The van der Waals surface area contributed by atoms with Crippen LogP contribution < -0.4 is 9.64 Å². The Bertz CT molecular complexity index is 1150. The van der Waals surface area contributed by atoms with Gasteiger partial charge in [-0.2, -0.15) is 0 Å². The number of rotatable bonds is 5. The van der Waals surface area contributed by atoms with Crippen molar-refractivity contribution in [3.05, 3.63) is 70.9 Å². The number of hydrogen-bond acceptors (Lipinski definition) is 5. The number of methoxy groups -OCH3 is 1. The number of carbonyl (C=O) groups excluding carboxylic acids is 1. The number of anilines is 1. The van der Waals surface area contributed by atoms with Crippen LogP contribution in [-0.2, 0) is 0 Å². The number of nitrogens with zero attached hydrogens (tertiary/aromatic N) is 4. The van der Waals surface area contributed by atoms with E-state index in [1.54, 1.807) is 13.2 Å². The van der Waals surface area contributed by atoms with E-state index in [0.717, 1.165) is 36.0 Å². The molecule has 1 fully saturated rings. The van der Waals surface area contributed by atoms with E-state index >= 15 is 0 Å². The molecule has 4 rings (SSSR count). The van der Waals surface area contributed by atoms with E-state index in [1.807, 2.05) is 29.2 Å². The summed E-state index contributed by atoms with van der Waals surface area (Å²) < 4.78 is 5.28. The number of benzene rings is 2. The molecule has 0 bridgehead atoms. The van der Waals surface area contributed by atoms with Gasteiger partial charge in [0.05, 0.1) is 7.11 Å². The summed E-state index contributed by atoms with van der Waals surface area (Å²) >= 11 is 0. The molecule has 2 heterocycles. The Morgan fingerprint density at radius 3 is 2.36 bits per heavy atom. The monoisotopic (exact) mass is 444 g/mol. The van der Waals surface area contributed by atoms with Crippen LogP contribution in [0.2, 0.25) is 0 Å². The maximum Gasteiger partial charge on any atom is 0.254 e. The Morgan fingerprint density at radius 2 is 1.70 bits per heavy atom. The SMILES string of the molecule is COc1cccc(C(=O)N2CCN(c3nc(-c4cccc(C)c4)nc(C)c3C(C)C)CC2)c1. The molecule has 1 amide bonds. The molecule has 0 atom stereocenters. The fraction of sp³-hybridized carbons (Fsp3) is 0.370. The minimum atomic E-state index is 0.0388. The first-order valence-corrected chi connectivity index (χ1v) is 11.5. The lowest BCUT2D eigenvalue weighted by Gasteiger charge is -2.37. The van der Waals surface area contributed by atoms with Gasteiger partial charge >= 0.3 is 0 Å². The van der Waals surface area contributed by atoms with Crippen molar-refractivity contribution < 1.29 is 9.53 Å². The highest BCUT2D eigenvalue weighted by Gasteiger charge is 2.26. The number of hydrogen-bond donors (Lipinski definition) is 0. The summed E-state index contributed by atoms with van der Waals surface area (Å²) in [6.07, 6.45) is 0. The molecule has 1 aliphatic rings. The van der Waals surface area contributed by atoms with Crippen molar-refractivity contribution in [1.82, 2.24) is 14.9 Å². The van der Waals surface area contributed by atoms with E-state index in [0.29, 0.717) is 30.3 Å². The largest absolute Gasteiger partial charge is 0.497 e. The van der Waals surface area contributed by atoms with Crippen molar-refractivity contribution in [1.29, 1.82) is 0 Å². The molecule has 3 aromatic rings. The molecular formula is C27H32N4O2. The van der Waals surface area contributed by atoms with Gasteiger partial charge < -0.3 is 14.5 Å². The van der Waals surface area contributed by atoms with Crippen LogP contribution >= 0.6 is 0 Å². The fourth-order valence-electron chi connectivity index (χ4n) is 4.46. The molecule has 1 saturated heterocycles. The summed E-state index contributed by atoms with van der Waals surface area (Å²) in [4.78, 5) is 27.1. The minimum absolute atomic E-state index is 0.0388. The highest BCUT2D eigenvalue weighted by Crippen LogP contribution is 2.31. The predicted octanol–water partition coefficient (Wildman–Crippen LogP) is 4.85. The summed E-state index contributed by atoms with van der Waals surface area (Å²) in [5, 5.41) is 0. The van der Waals surface area contributed by atoms with Gasteiger partial charge in [0.1, 0.15) is 11.6 Å². The fourth-order valence-corrected chi connectivity index (χ4v) is 4.46. The van der Waals surface area contributed by atoms with Crippen LogP contribution in [0.15, 0.2) is 48.5 Å². The van der Waals surface area contributed by atoms with Crippen LogP contribution in [0.25, 0.3) is 11.4 Å². The summed E-state index contributed by atoms with van der Waals surface area (Å²) in [6.45, 7) is 11.3. The summed E-state index contributed by atoms with van der Waals surface area (Å²) in [7, 11) is 1.61. The topological polar surface area (TPSA) is 58.6 Å². The Morgan fingerprint density at radius 1 is 0.970 bits per heavy atom. The van der Waals surface area contributed by atoms with E-state index in [4.69, 9.17) is 14.7 Å². The third kappa shape index (κ3) is 4.85. The first-order chi connectivity index (χ1) is 15.9. The molecule has 33 heavy (non-hydrogen) atoms. The lowest BCUT2D eigenvalue weighted by atomic mass is 10.0. The Labute approximate surface area is 196 Å². The second-order valence-corrected chi connectivity index (χ2v) is 8.91. The number of amides is 1. The first kappa shape index (κ1) is 22.8. The van der Waals surface area contributed by atoms with Gasteiger partial charge in [0, 0.05) is 48.6 Å². The van der Waals surface area contributed by atoms with Crippen LogP contribution in [0.4, 0.5) is 5.82 Å². The standard InChI is InChI=1S/C27H32N4O2/c1-18(2)24-20(4)28-25(21-9-6-8-19(3)16-21)29-26(24)30-12-14-31(15-13-30)27(32)22-10-7-11-23(17-22)33-5/h6-11,16-18H,12-15H2,1-5H3. The zero-order chi connectivity index (χ0) is 23.5. The molecule has 0 spiro atoms. The van der Waals surface area contributed by atoms with Crippen LogP contribution in [0.1, 0.15) is 46.9 Å². The van der Waals surface area contributed by atoms with Gasteiger partial charge in [-0.15, -0.1) is 0 Å². The normalized spacial score (nSPS) is 14.0. The van der Waals surface area contributed by atoms with E-state index < -0.39 is 0 Å². The lowest BCUT2D eigenvalue weighted by Crippen LogP contribution is -2.49. The van der Waals surface area contributed by atoms with Crippen molar-refractivity contribution in [3.63, 3.8) is 0 Å². The molecule has 2 aromatic carbocycles. The van der Waals surface area contributed by atoms with Gasteiger partial charge in [0.15, 0.2) is 5.82 Å². The summed E-state index contributed by atoms with van der Waals surface area (Å²) in [6, 6.07) is 15.7. The quantitative estimate of drug-likeness (QED) is 0.563. The molecule has 1 aliphatic heterocycles. The van der Waals surface area contributed by atoms with Gasteiger partial charge in [-0.05, 0) is 44.0 Å². The lowest BCUT2D eigenvalue weighted by molar-refractivity contribution is 0.0746. The van der Waals surface area contributed by atoms with Crippen molar-refractivity contribution in [3.8, 4) is 17.1 Å². The minimum Gasteiger partial charge on any atom is -0.497 e. The van der Waals surface area contributed by atoms with Gasteiger partial charge in [-0.25, -0.2) is 9.97 Å². The zero-order valence-electron chi connectivity index (χ0n) is 20.1. The van der Waals surface area contributed by atoms with Crippen LogP contribution in [0.3, 0.4) is 0 Å². The molecule has 0 saturated carbocycles. The first-order valence-electron chi connectivity index (χ1n) is 11.5. The number of carbonyl (C=O) groups is 1. The van der Waals surface area contributed by atoms with Gasteiger partial charge in [0.2, 0.25) is 0 Å². The summed E-state index contributed by atoms with van der Waals surface area (Å²) in [5.41, 5.74) is 5.07. The van der Waals surface area contributed by atoms with Crippen molar-refractivity contribution in [2.75, 3.05) is 38.2 Å². The van der Waals surface area contributed by atoms with Crippen molar-refractivity contribution >= 4 is 11.7 Å². The third-order valence-electron chi connectivity index (χ3n) is 6.15. The highest BCUT2D eigenvalue weighted by atomic mass is 16.5. The van der Waals surface area contributed by atoms with Crippen molar-refractivity contribution in [2.45, 2.75) is 33.6 Å². The molecule has 0 radical (unpaired) electrons. The number of aromatic nitrogens is 2. The number of aryl methyl sites for hydroxylation is 2. The van der Waals surface area contributed by atoms with Crippen LogP contribution in [0, 0.1) is 13.8 Å². The molecule has 0 N–H and O–H groups in total. The average Bonchev–Trinajstić information content (AvgIpc) is 2.83. The molecule has 6 nitrogen and oxygen atoms in total. The smallest absolute Gasteiger partial charge is 0.254 e. The van der Waals surface area contributed by atoms with Crippen molar-refractivity contribution in [2.24, 2.45) is 0 Å². The van der Waals surface area contributed by atoms with Crippen LogP contribution in [0.5, 0.6) is 5.75 Å². The van der Waals surface area contributed by atoms with E-state index in [9.17, 15) is 4.79 Å². The number of ether oxygens (including phenoxy) is 1. The van der Waals surface area contributed by atoms with E-state index in [-0.39, 0.29) is 5.91 Å². The number of piperazine rings is 1. The summed E-state index contributed by atoms with van der Waals surface area (Å²) in [5.74, 6) is 2.79. The van der Waals surface area contributed by atoms with Crippen LogP contribution in [-0.4, -0.2) is 54.1 Å². The highest BCUT2D eigenvalue weighted by molar-refractivity contribution is 5.94. The Kier molecular flexibility index (Phi) is 6.63. The van der Waals surface area contributed by atoms with Gasteiger partial charge in [0.25, 0.3) is 5.91 Å². The molecule has 172 valence electrons. The average molecular weight is 445 g/mol. The Balaban J connectivity index is 1.58. The molecule has 0 unspecified atom stereocenters. The third-order valence-corrected chi connectivity index (χ3v) is 6.15. The molecule has 0 aliphatic carbocycles. The zero-order valence-corrected chi connectivity index (χ0v) is 20.1. The molecular weight excluding hydrogens is 412 g/mol. The molecule has 1 aromatic heterocycles. The van der Waals surface area contributed by atoms with Gasteiger partial charge in [-0.3, -0.25) is 4.79 Å². The predicted molar refractivity (Wildman–Crippen MR) is 132 cm³/mol. The van der Waals surface area contributed by atoms with E-state index in [2.05, 4.69) is 50.8 Å². The van der Waals surface area contributed by atoms with E-state index in [1.165, 1.54) is 11.1 Å². The maximum atomic E-state index is 13.0. The second kappa shape index (κ2) is 9.61. The molecule has 6 heteroatoms.